The Labute approximate surface area is 113 Å². The molecule has 1 fully saturated rings. The average molecular weight is 257 g/mol. The maximum absolute atomic E-state index is 5.27. The van der Waals surface area contributed by atoms with Crippen LogP contribution in [0.1, 0.15) is 32.5 Å². The maximum atomic E-state index is 5.27. The van der Waals surface area contributed by atoms with Crippen molar-refractivity contribution in [2.75, 3.05) is 5.32 Å². The number of anilines is 1. The second kappa shape index (κ2) is 4.37. The van der Waals surface area contributed by atoms with E-state index < -0.39 is 0 Å². The van der Waals surface area contributed by atoms with Gasteiger partial charge >= 0.3 is 0 Å². The maximum Gasteiger partial charge on any atom is 0.260 e. The third kappa shape index (κ3) is 2.35. The molecule has 100 valence electrons. The molecule has 1 unspecified atom stereocenters. The zero-order valence-electron chi connectivity index (χ0n) is 11.6. The summed E-state index contributed by atoms with van der Waals surface area (Å²) in [4.78, 5) is 4.31. The van der Waals surface area contributed by atoms with Crippen LogP contribution in [0.15, 0.2) is 28.8 Å². The van der Waals surface area contributed by atoms with Gasteiger partial charge in [-0.15, -0.1) is 0 Å². The SMILES string of the molecule is Cc1noc(-c2ccccc2NC(C)C2(C)CC2)n1. The number of aryl methyl sites for hydroxylation is 1. The van der Waals surface area contributed by atoms with Crippen LogP contribution < -0.4 is 5.32 Å². The molecule has 3 rings (SSSR count). The molecule has 0 bridgehead atoms. The minimum absolute atomic E-state index is 0.428. The number of nitrogens with one attached hydrogen (secondary N) is 1. The van der Waals surface area contributed by atoms with Crippen molar-refractivity contribution in [2.24, 2.45) is 5.41 Å². The van der Waals surface area contributed by atoms with E-state index in [0.29, 0.717) is 23.2 Å². The van der Waals surface area contributed by atoms with E-state index in [1.54, 1.807) is 0 Å². The van der Waals surface area contributed by atoms with Gasteiger partial charge in [-0.05, 0) is 44.2 Å². The van der Waals surface area contributed by atoms with Crippen LogP contribution in [-0.4, -0.2) is 16.2 Å². The lowest BCUT2D eigenvalue weighted by molar-refractivity contribution is 0.425. The van der Waals surface area contributed by atoms with Gasteiger partial charge in [-0.2, -0.15) is 4.98 Å². The number of benzene rings is 1. The van der Waals surface area contributed by atoms with E-state index in [1.807, 2.05) is 25.1 Å². The second-order valence-corrected chi connectivity index (χ2v) is 5.71. The van der Waals surface area contributed by atoms with Crippen LogP contribution in [0.2, 0.25) is 0 Å². The summed E-state index contributed by atoms with van der Waals surface area (Å²) in [6.07, 6.45) is 2.59. The normalized spacial score (nSPS) is 18.1. The molecule has 1 atom stereocenters. The van der Waals surface area contributed by atoms with E-state index in [-0.39, 0.29) is 0 Å². The minimum Gasteiger partial charge on any atom is -0.381 e. The first-order valence-electron chi connectivity index (χ1n) is 6.75. The summed E-state index contributed by atoms with van der Waals surface area (Å²) in [7, 11) is 0. The predicted molar refractivity (Wildman–Crippen MR) is 74.9 cm³/mol. The van der Waals surface area contributed by atoms with Gasteiger partial charge in [0.05, 0.1) is 5.56 Å². The third-order valence-corrected chi connectivity index (χ3v) is 4.14. The molecule has 4 nitrogen and oxygen atoms in total. The molecule has 0 saturated heterocycles. The molecular formula is C15H19N3O. The number of aromatic nitrogens is 2. The van der Waals surface area contributed by atoms with Crippen LogP contribution in [0.3, 0.4) is 0 Å². The molecular weight excluding hydrogens is 238 g/mol. The highest BCUT2D eigenvalue weighted by molar-refractivity contribution is 5.72. The van der Waals surface area contributed by atoms with Gasteiger partial charge in [0.15, 0.2) is 5.82 Å². The van der Waals surface area contributed by atoms with Gasteiger partial charge in [-0.3, -0.25) is 0 Å². The number of nitrogens with zero attached hydrogens (tertiary/aromatic N) is 2. The Morgan fingerprint density at radius 3 is 2.68 bits per heavy atom. The molecule has 1 aromatic heterocycles. The van der Waals surface area contributed by atoms with E-state index in [9.17, 15) is 0 Å². The summed E-state index contributed by atoms with van der Waals surface area (Å²) in [5.41, 5.74) is 2.46. The summed E-state index contributed by atoms with van der Waals surface area (Å²) in [5.74, 6) is 1.24. The third-order valence-electron chi connectivity index (χ3n) is 4.14. The first-order valence-corrected chi connectivity index (χ1v) is 6.75. The van der Waals surface area contributed by atoms with E-state index in [0.717, 1.165) is 11.3 Å². The van der Waals surface area contributed by atoms with Gasteiger partial charge in [0.1, 0.15) is 0 Å². The largest absolute Gasteiger partial charge is 0.381 e. The van der Waals surface area contributed by atoms with Gasteiger partial charge in [0.2, 0.25) is 0 Å². The molecule has 1 heterocycles. The molecule has 0 spiro atoms. The van der Waals surface area contributed by atoms with Crippen molar-refractivity contribution in [3.8, 4) is 11.5 Å². The van der Waals surface area contributed by atoms with Crippen LogP contribution in [0.5, 0.6) is 0 Å². The number of para-hydroxylation sites is 1. The number of hydrogen-bond acceptors (Lipinski definition) is 4. The number of hydrogen-bond donors (Lipinski definition) is 1. The molecule has 4 heteroatoms. The van der Waals surface area contributed by atoms with Gasteiger partial charge in [-0.25, -0.2) is 0 Å². The Bertz CT molecular complexity index is 587. The Morgan fingerprint density at radius 2 is 2.05 bits per heavy atom. The van der Waals surface area contributed by atoms with E-state index in [2.05, 4.69) is 35.4 Å². The number of rotatable bonds is 4. The van der Waals surface area contributed by atoms with Crippen LogP contribution in [0.4, 0.5) is 5.69 Å². The Balaban J connectivity index is 1.89. The summed E-state index contributed by atoms with van der Waals surface area (Å²) in [5, 5.41) is 7.45. The minimum atomic E-state index is 0.428. The first-order chi connectivity index (χ1) is 9.08. The summed E-state index contributed by atoms with van der Waals surface area (Å²) >= 11 is 0. The predicted octanol–water partition coefficient (Wildman–Crippen LogP) is 3.65. The van der Waals surface area contributed by atoms with E-state index in [4.69, 9.17) is 4.52 Å². The van der Waals surface area contributed by atoms with Crippen molar-refractivity contribution in [2.45, 2.75) is 39.7 Å². The Morgan fingerprint density at radius 1 is 1.32 bits per heavy atom. The lowest BCUT2D eigenvalue weighted by atomic mass is 10.00. The van der Waals surface area contributed by atoms with Crippen molar-refractivity contribution < 1.29 is 4.52 Å². The van der Waals surface area contributed by atoms with E-state index >= 15 is 0 Å². The lowest BCUT2D eigenvalue weighted by Crippen LogP contribution is -2.25. The van der Waals surface area contributed by atoms with Crippen LogP contribution in [0, 0.1) is 12.3 Å². The lowest BCUT2D eigenvalue weighted by Gasteiger charge is -2.22. The Hall–Kier alpha value is -1.84. The molecule has 1 saturated carbocycles. The molecule has 2 aromatic rings. The van der Waals surface area contributed by atoms with Gasteiger partial charge in [0.25, 0.3) is 5.89 Å². The molecule has 0 radical (unpaired) electrons. The molecule has 0 amide bonds. The first kappa shape index (κ1) is 12.2. The highest BCUT2D eigenvalue weighted by atomic mass is 16.5. The monoisotopic (exact) mass is 257 g/mol. The zero-order valence-corrected chi connectivity index (χ0v) is 11.6. The highest BCUT2D eigenvalue weighted by Gasteiger charge is 2.42. The zero-order chi connectivity index (χ0) is 13.5. The van der Waals surface area contributed by atoms with Gasteiger partial charge in [0, 0.05) is 11.7 Å². The Kier molecular flexibility index (Phi) is 2.81. The fourth-order valence-electron chi connectivity index (χ4n) is 2.24. The standard InChI is InChI=1S/C15H19N3O/c1-10(15(3)8-9-15)16-13-7-5-4-6-12(13)14-17-11(2)18-19-14/h4-7,10,16H,8-9H2,1-3H3. The van der Waals surface area contributed by atoms with Crippen molar-refractivity contribution >= 4 is 5.69 Å². The second-order valence-electron chi connectivity index (χ2n) is 5.71. The fourth-order valence-corrected chi connectivity index (χ4v) is 2.24. The van der Waals surface area contributed by atoms with Crippen LogP contribution in [-0.2, 0) is 0 Å². The molecule has 1 aliphatic rings. The summed E-state index contributed by atoms with van der Waals surface area (Å²) < 4.78 is 5.27. The van der Waals surface area contributed by atoms with Gasteiger partial charge < -0.3 is 9.84 Å². The molecule has 19 heavy (non-hydrogen) atoms. The molecule has 0 aliphatic heterocycles. The van der Waals surface area contributed by atoms with Crippen molar-refractivity contribution in [1.29, 1.82) is 0 Å². The fraction of sp³-hybridized carbons (Fsp3) is 0.467. The topological polar surface area (TPSA) is 51.0 Å². The quantitative estimate of drug-likeness (QED) is 0.908. The van der Waals surface area contributed by atoms with E-state index in [1.165, 1.54) is 12.8 Å². The van der Waals surface area contributed by atoms with Crippen LogP contribution in [0.25, 0.3) is 11.5 Å². The molecule has 1 N–H and O–H groups in total. The van der Waals surface area contributed by atoms with Crippen molar-refractivity contribution in [3.63, 3.8) is 0 Å². The van der Waals surface area contributed by atoms with Crippen molar-refractivity contribution in [3.05, 3.63) is 30.1 Å². The smallest absolute Gasteiger partial charge is 0.260 e. The van der Waals surface area contributed by atoms with Gasteiger partial charge in [-0.1, -0.05) is 24.2 Å². The summed E-state index contributed by atoms with van der Waals surface area (Å²) in [6.45, 7) is 6.39. The molecule has 1 aromatic carbocycles. The van der Waals surface area contributed by atoms with Crippen molar-refractivity contribution in [1.82, 2.24) is 10.1 Å². The van der Waals surface area contributed by atoms with Crippen LogP contribution >= 0.6 is 0 Å². The highest BCUT2D eigenvalue weighted by Crippen LogP contribution is 2.49. The molecule has 1 aliphatic carbocycles. The summed E-state index contributed by atoms with van der Waals surface area (Å²) in [6, 6.07) is 8.53. The average Bonchev–Trinajstić information content (AvgIpc) is 3.00.